The molecule has 0 heterocycles. The average molecular weight is 180 g/mol. The Bertz CT molecular complexity index is 102. The van der Waals surface area contributed by atoms with E-state index in [9.17, 15) is 9.59 Å². The van der Waals surface area contributed by atoms with E-state index in [1.807, 2.05) is 13.8 Å². The molecule has 0 aliphatic carbocycles. The van der Waals surface area contributed by atoms with Crippen LogP contribution >= 0.6 is 0 Å². The van der Waals surface area contributed by atoms with Gasteiger partial charge in [0, 0.05) is 0 Å². The van der Waals surface area contributed by atoms with Crippen molar-refractivity contribution in [1.82, 2.24) is 0 Å². The second-order valence-electron chi connectivity index (χ2n) is 1.20. The van der Waals surface area contributed by atoms with Crippen LogP contribution in [0.5, 0.6) is 0 Å². The Morgan fingerprint density at radius 1 is 1.00 bits per heavy atom. The molecule has 0 bridgehead atoms. The van der Waals surface area contributed by atoms with Crippen LogP contribution < -0.4 is 11.5 Å². The fourth-order valence-electron chi connectivity index (χ4n) is 0. The summed E-state index contributed by atoms with van der Waals surface area (Å²) in [7, 11) is 0. The highest BCUT2D eigenvalue weighted by atomic mass is 16.4. The van der Waals surface area contributed by atoms with Gasteiger partial charge >= 0.3 is 11.9 Å². The van der Waals surface area contributed by atoms with Gasteiger partial charge in [0.15, 0.2) is 0 Å². The van der Waals surface area contributed by atoms with Gasteiger partial charge in [-0.3, -0.25) is 9.59 Å². The second-order valence-corrected chi connectivity index (χ2v) is 1.20. The number of carboxylic acid groups (broad SMARTS) is 2. The Morgan fingerprint density at radius 2 is 1.08 bits per heavy atom. The number of hydrogen-bond donors (Lipinski definition) is 4. The zero-order chi connectivity index (χ0) is 10.6. The van der Waals surface area contributed by atoms with Crippen molar-refractivity contribution in [2.24, 2.45) is 11.5 Å². The lowest BCUT2D eigenvalue weighted by atomic mass is 10.7. The molecule has 0 radical (unpaired) electrons. The van der Waals surface area contributed by atoms with E-state index >= 15 is 0 Å². The Balaban J connectivity index is -0.000000112. The summed E-state index contributed by atoms with van der Waals surface area (Å²) in [5.41, 5.74) is 9.14. The zero-order valence-corrected chi connectivity index (χ0v) is 7.28. The van der Waals surface area contributed by atoms with Gasteiger partial charge in [-0.05, 0) is 0 Å². The first kappa shape index (κ1) is 17.1. The first-order chi connectivity index (χ1) is 5.54. The van der Waals surface area contributed by atoms with Crippen molar-refractivity contribution in [3.63, 3.8) is 0 Å². The molecule has 0 fully saturated rings. The molecule has 0 aromatic heterocycles. The van der Waals surface area contributed by atoms with Crippen molar-refractivity contribution in [1.29, 1.82) is 0 Å². The quantitative estimate of drug-likeness (QED) is 0.435. The second kappa shape index (κ2) is 16.4. The highest BCUT2D eigenvalue weighted by Gasteiger charge is 1.81. The van der Waals surface area contributed by atoms with Crippen LogP contribution in [-0.4, -0.2) is 35.2 Å². The van der Waals surface area contributed by atoms with Gasteiger partial charge < -0.3 is 21.7 Å². The molecule has 0 spiro atoms. The minimum absolute atomic E-state index is 0.278. The lowest BCUT2D eigenvalue weighted by molar-refractivity contribution is -0.136. The van der Waals surface area contributed by atoms with Crippen molar-refractivity contribution >= 4 is 11.9 Å². The molecule has 6 heteroatoms. The molecule has 0 saturated heterocycles. The first-order valence-electron chi connectivity index (χ1n) is 3.38. The first-order valence-corrected chi connectivity index (χ1v) is 3.38. The van der Waals surface area contributed by atoms with Crippen LogP contribution in [0.1, 0.15) is 13.8 Å². The zero-order valence-electron chi connectivity index (χ0n) is 7.28. The van der Waals surface area contributed by atoms with Crippen LogP contribution in [0.25, 0.3) is 0 Å². The molecule has 6 nitrogen and oxygen atoms in total. The molecule has 0 atom stereocenters. The predicted molar refractivity (Wildman–Crippen MR) is 44.7 cm³/mol. The normalized spacial score (nSPS) is 6.67. The molecular weight excluding hydrogens is 164 g/mol. The maximum atomic E-state index is 9.24. The molecule has 0 aromatic rings. The fraction of sp³-hybridized carbons (Fsp3) is 0.667. The SMILES string of the molecule is CC.NCC(=O)O.NCC(=O)O. The van der Waals surface area contributed by atoms with E-state index in [0.29, 0.717) is 0 Å². The van der Waals surface area contributed by atoms with E-state index in [1.165, 1.54) is 0 Å². The highest BCUT2D eigenvalue weighted by molar-refractivity contribution is 5.68. The highest BCUT2D eigenvalue weighted by Crippen LogP contribution is 1.44. The standard InChI is InChI=1S/2C2H5NO2.C2H6/c2*3-1-2(4)5;1-2/h2*1,3H2,(H,4,5);1-2H3. The smallest absolute Gasteiger partial charge is 0.317 e. The molecule has 0 aliphatic rings. The van der Waals surface area contributed by atoms with Crippen LogP contribution in [0.3, 0.4) is 0 Å². The van der Waals surface area contributed by atoms with E-state index in [1.54, 1.807) is 0 Å². The van der Waals surface area contributed by atoms with Crippen molar-refractivity contribution in [2.75, 3.05) is 13.1 Å². The molecule has 0 unspecified atom stereocenters. The van der Waals surface area contributed by atoms with Crippen LogP contribution in [-0.2, 0) is 9.59 Å². The summed E-state index contributed by atoms with van der Waals surface area (Å²) in [4.78, 5) is 18.5. The minimum atomic E-state index is -0.968. The largest absolute Gasteiger partial charge is 0.480 e. The Morgan fingerprint density at radius 3 is 1.08 bits per heavy atom. The number of carbonyl (C=O) groups is 2. The molecule has 74 valence electrons. The summed E-state index contributed by atoms with van der Waals surface area (Å²) in [5, 5.41) is 15.2. The molecular formula is C6H16N2O4. The molecule has 0 aromatic carbocycles. The van der Waals surface area contributed by atoms with Gasteiger partial charge in [0.1, 0.15) is 0 Å². The lowest BCUT2D eigenvalue weighted by Gasteiger charge is -1.73. The third-order valence-electron chi connectivity index (χ3n) is 0.349. The maximum Gasteiger partial charge on any atom is 0.317 e. The molecule has 0 amide bonds. The van der Waals surface area contributed by atoms with Crippen LogP contribution in [0, 0.1) is 0 Å². The van der Waals surface area contributed by atoms with Gasteiger partial charge in [-0.1, -0.05) is 13.8 Å². The Hall–Kier alpha value is -1.14. The summed E-state index contributed by atoms with van der Waals surface area (Å²) < 4.78 is 0. The third kappa shape index (κ3) is 66.9. The van der Waals surface area contributed by atoms with Gasteiger partial charge in [0.05, 0.1) is 13.1 Å². The van der Waals surface area contributed by atoms with Crippen molar-refractivity contribution in [3.05, 3.63) is 0 Å². The van der Waals surface area contributed by atoms with Crippen LogP contribution in [0.2, 0.25) is 0 Å². The lowest BCUT2D eigenvalue weighted by Crippen LogP contribution is -2.10. The number of hydrogen-bond acceptors (Lipinski definition) is 4. The minimum Gasteiger partial charge on any atom is -0.480 e. The summed E-state index contributed by atoms with van der Waals surface area (Å²) in [6, 6.07) is 0. The van der Waals surface area contributed by atoms with E-state index in [2.05, 4.69) is 11.5 Å². The average Bonchev–Trinajstić information content (AvgIpc) is 2.09. The summed E-state index contributed by atoms with van der Waals surface area (Å²) >= 11 is 0. The summed E-state index contributed by atoms with van der Waals surface area (Å²) in [5.74, 6) is -1.94. The maximum absolute atomic E-state index is 9.24. The number of aliphatic carboxylic acids is 2. The van der Waals surface area contributed by atoms with E-state index in [-0.39, 0.29) is 13.1 Å². The summed E-state index contributed by atoms with van der Waals surface area (Å²) in [6.45, 7) is 3.44. The number of nitrogens with two attached hydrogens (primary N) is 2. The van der Waals surface area contributed by atoms with E-state index in [0.717, 1.165) is 0 Å². The van der Waals surface area contributed by atoms with Gasteiger partial charge in [0.25, 0.3) is 0 Å². The number of rotatable bonds is 2. The Kier molecular flexibility index (Phi) is 23.4. The van der Waals surface area contributed by atoms with Crippen molar-refractivity contribution in [3.8, 4) is 0 Å². The monoisotopic (exact) mass is 180 g/mol. The van der Waals surface area contributed by atoms with Gasteiger partial charge in [-0.25, -0.2) is 0 Å². The van der Waals surface area contributed by atoms with Crippen LogP contribution in [0.15, 0.2) is 0 Å². The van der Waals surface area contributed by atoms with Gasteiger partial charge in [-0.2, -0.15) is 0 Å². The molecule has 0 saturated carbocycles. The Labute approximate surface area is 71.2 Å². The molecule has 0 aliphatic heterocycles. The fourth-order valence-corrected chi connectivity index (χ4v) is 0. The third-order valence-corrected chi connectivity index (χ3v) is 0.349. The van der Waals surface area contributed by atoms with E-state index in [4.69, 9.17) is 10.2 Å². The topological polar surface area (TPSA) is 127 Å². The van der Waals surface area contributed by atoms with Gasteiger partial charge in [0.2, 0.25) is 0 Å². The molecule has 6 N–H and O–H groups in total. The van der Waals surface area contributed by atoms with Crippen molar-refractivity contribution in [2.45, 2.75) is 13.8 Å². The van der Waals surface area contributed by atoms with Gasteiger partial charge in [-0.15, -0.1) is 0 Å². The summed E-state index contributed by atoms with van der Waals surface area (Å²) in [6.07, 6.45) is 0. The predicted octanol–water partition coefficient (Wildman–Crippen LogP) is -0.914. The molecule has 0 rings (SSSR count). The van der Waals surface area contributed by atoms with E-state index < -0.39 is 11.9 Å². The van der Waals surface area contributed by atoms with Crippen LogP contribution in [0.4, 0.5) is 0 Å². The van der Waals surface area contributed by atoms with Crippen molar-refractivity contribution < 1.29 is 19.8 Å². The number of carboxylic acids is 2. The molecule has 12 heavy (non-hydrogen) atoms.